The van der Waals surface area contributed by atoms with Crippen LogP contribution in [0.15, 0.2) is 23.1 Å². The summed E-state index contributed by atoms with van der Waals surface area (Å²) in [5.74, 6) is -1.27. The van der Waals surface area contributed by atoms with Gasteiger partial charge in [0.1, 0.15) is 11.9 Å². The molecule has 102 valence electrons. The number of amides is 1. The average molecular weight is 285 g/mol. The lowest BCUT2D eigenvalue weighted by molar-refractivity contribution is -0.120. The Labute approximate surface area is 110 Å². The van der Waals surface area contributed by atoms with Crippen LogP contribution < -0.4 is 5.32 Å². The van der Waals surface area contributed by atoms with Gasteiger partial charge < -0.3 is 5.32 Å². The molecule has 0 fully saturated rings. The van der Waals surface area contributed by atoms with E-state index < -0.39 is 21.7 Å². The Hall–Kier alpha value is -1.98. The summed E-state index contributed by atoms with van der Waals surface area (Å²) in [7, 11) is -1.33. The maximum Gasteiger partial charge on any atom is 0.243 e. The molecule has 1 aromatic rings. The van der Waals surface area contributed by atoms with Gasteiger partial charge in [0.15, 0.2) is 0 Å². The van der Waals surface area contributed by atoms with Crippen molar-refractivity contribution in [2.45, 2.75) is 4.90 Å². The standard InChI is InChI=1S/C11H12FN3O3S/c1-14-11(16)7-15(2)19(17,18)9-3-4-10(12)8(5-9)6-13/h3-5H,7H2,1-2H3,(H,14,16). The van der Waals surface area contributed by atoms with Crippen LogP contribution in [0.1, 0.15) is 5.56 Å². The van der Waals surface area contributed by atoms with Gasteiger partial charge >= 0.3 is 0 Å². The molecule has 1 N–H and O–H groups in total. The van der Waals surface area contributed by atoms with Gasteiger partial charge in [-0.3, -0.25) is 4.79 Å². The average Bonchev–Trinajstić information content (AvgIpc) is 2.38. The minimum atomic E-state index is -3.94. The number of nitrogens with one attached hydrogen (secondary N) is 1. The molecule has 1 rings (SSSR count). The monoisotopic (exact) mass is 285 g/mol. The van der Waals surface area contributed by atoms with E-state index in [0.29, 0.717) is 0 Å². The van der Waals surface area contributed by atoms with E-state index in [9.17, 15) is 17.6 Å². The van der Waals surface area contributed by atoms with E-state index in [2.05, 4.69) is 5.32 Å². The van der Waals surface area contributed by atoms with E-state index in [-0.39, 0.29) is 17.0 Å². The molecule has 1 aromatic carbocycles. The molecule has 0 heterocycles. The number of rotatable bonds is 4. The Morgan fingerprint density at radius 1 is 1.53 bits per heavy atom. The summed E-state index contributed by atoms with van der Waals surface area (Å²) in [4.78, 5) is 10.9. The second-order valence-corrected chi connectivity index (χ2v) is 5.73. The van der Waals surface area contributed by atoms with Gasteiger partial charge in [-0.25, -0.2) is 12.8 Å². The predicted molar refractivity (Wildman–Crippen MR) is 65.0 cm³/mol. The van der Waals surface area contributed by atoms with Crippen molar-refractivity contribution in [3.63, 3.8) is 0 Å². The number of halogens is 1. The maximum atomic E-state index is 13.1. The zero-order chi connectivity index (χ0) is 14.6. The maximum absolute atomic E-state index is 13.1. The summed E-state index contributed by atoms with van der Waals surface area (Å²) in [6.45, 7) is -0.363. The predicted octanol–water partition coefficient (Wildman–Crippen LogP) is 0.0639. The molecule has 0 bridgehead atoms. The number of sulfonamides is 1. The summed E-state index contributed by atoms with van der Waals surface area (Å²) < 4.78 is 38.1. The molecule has 1 amide bonds. The van der Waals surface area contributed by atoms with Gasteiger partial charge in [0, 0.05) is 14.1 Å². The number of hydrogen-bond donors (Lipinski definition) is 1. The largest absolute Gasteiger partial charge is 0.358 e. The van der Waals surface area contributed by atoms with Crippen LogP contribution in [0.5, 0.6) is 0 Å². The van der Waals surface area contributed by atoms with Crippen LogP contribution in [-0.2, 0) is 14.8 Å². The number of hydrogen-bond acceptors (Lipinski definition) is 4. The zero-order valence-electron chi connectivity index (χ0n) is 10.3. The van der Waals surface area contributed by atoms with Crippen LogP contribution in [0.25, 0.3) is 0 Å². The number of nitrogens with zero attached hydrogens (tertiary/aromatic N) is 2. The van der Waals surface area contributed by atoms with Crippen molar-refractivity contribution in [1.82, 2.24) is 9.62 Å². The highest BCUT2D eigenvalue weighted by Crippen LogP contribution is 2.17. The summed E-state index contributed by atoms with van der Waals surface area (Å²) in [5, 5.41) is 11.0. The van der Waals surface area contributed by atoms with Gasteiger partial charge in [-0.15, -0.1) is 0 Å². The van der Waals surface area contributed by atoms with Gasteiger partial charge in [0.05, 0.1) is 17.0 Å². The van der Waals surface area contributed by atoms with E-state index in [4.69, 9.17) is 5.26 Å². The fourth-order valence-corrected chi connectivity index (χ4v) is 2.45. The minimum Gasteiger partial charge on any atom is -0.358 e. The number of likely N-dealkylation sites (N-methyl/N-ethyl adjacent to an activating group) is 2. The second-order valence-electron chi connectivity index (χ2n) is 3.69. The molecule has 0 aliphatic carbocycles. The zero-order valence-corrected chi connectivity index (χ0v) is 11.2. The highest BCUT2D eigenvalue weighted by molar-refractivity contribution is 7.89. The topological polar surface area (TPSA) is 90.3 Å². The Kier molecular flexibility index (Phi) is 4.58. The minimum absolute atomic E-state index is 0.239. The lowest BCUT2D eigenvalue weighted by Gasteiger charge is -2.16. The van der Waals surface area contributed by atoms with E-state index in [1.807, 2.05) is 0 Å². The Morgan fingerprint density at radius 2 is 2.16 bits per heavy atom. The first-order chi connectivity index (χ1) is 8.82. The molecule has 0 spiro atoms. The molecule has 0 aliphatic heterocycles. The Morgan fingerprint density at radius 3 is 2.68 bits per heavy atom. The Balaban J connectivity index is 3.14. The van der Waals surface area contributed by atoms with Crippen molar-refractivity contribution < 1.29 is 17.6 Å². The fourth-order valence-electron chi connectivity index (χ4n) is 1.30. The smallest absolute Gasteiger partial charge is 0.243 e. The molecule has 19 heavy (non-hydrogen) atoms. The number of carbonyl (C=O) groups excluding carboxylic acids is 1. The molecule has 0 aliphatic rings. The molecular formula is C11H12FN3O3S. The van der Waals surface area contributed by atoms with Crippen LogP contribution >= 0.6 is 0 Å². The number of benzene rings is 1. The van der Waals surface area contributed by atoms with Crippen LogP contribution in [0.4, 0.5) is 4.39 Å². The molecule has 0 atom stereocenters. The Bertz CT molecular complexity index is 637. The van der Waals surface area contributed by atoms with Gasteiger partial charge in [0.2, 0.25) is 15.9 Å². The fraction of sp³-hybridized carbons (Fsp3) is 0.273. The van der Waals surface area contributed by atoms with Crippen molar-refractivity contribution in [2.75, 3.05) is 20.6 Å². The van der Waals surface area contributed by atoms with Crippen molar-refractivity contribution >= 4 is 15.9 Å². The molecule has 0 saturated heterocycles. The van der Waals surface area contributed by atoms with Crippen molar-refractivity contribution in [3.8, 4) is 6.07 Å². The lowest BCUT2D eigenvalue weighted by Crippen LogP contribution is -2.36. The summed E-state index contributed by atoms with van der Waals surface area (Å²) in [5.41, 5.74) is -0.366. The quantitative estimate of drug-likeness (QED) is 0.847. The van der Waals surface area contributed by atoms with Crippen LogP contribution in [-0.4, -0.2) is 39.3 Å². The summed E-state index contributed by atoms with van der Waals surface area (Å²) in [6.07, 6.45) is 0. The van der Waals surface area contributed by atoms with Crippen molar-refractivity contribution in [3.05, 3.63) is 29.6 Å². The normalized spacial score (nSPS) is 11.1. The molecule has 6 nitrogen and oxygen atoms in total. The van der Waals surface area contributed by atoms with E-state index in [0.717, 1.165) is 22.5 Å². The number of nitriles is 1. The highest BCUT2D eigenvalue weighted by atomic mass is 32.2. The van der Waals surface area contributed by atoms with Crippen LogP contribution in [0.3, 0.4) is 0 Å². The summed E-state index contributed by atoms with van der Waals surface area (Å²) >= 11 is 0. The van der Waals surface area contributed by atoms with Gasteiger partial charge in [-0.05, 0) is 18.2 Å². The molecule has 8 heteroatoms. The van der Waals surface area contributed by atoms with Crippen molar-refractivity contribution in [2.24, 2.45) is 0 Å². The first-order valence-electron chi connectivity index (χ1n) is 5.19. The highest BCUT2D eigenvalue weighted by Gasteiger charge is 2.23. The van der Waals surface area contributed by atoms with E-state index >= 15 is 0 Å². The van der Waals surface area contributed by atoms with Crippen LogP contribution in [0, 0.1) is 17.1 Å². The molecule has 0 aromatic heterocycles. The number of carbonyl (C=O) groups is 1. The first kappa shape index (κ1) is 15.1. The molecule has 0 saturated carbocycles. The third kappa shape index (κ3) is 3.27. The SMILES string of the molecule is CNC(=O)CN(C)S(=O)(=O)c1ccc(F)c(C#N)c1. The van der Waals surface area contributed by atoms with Crippen molar-refractivity contribution in [1.29, 1.82) is 5.26 Å². The molecular weight excluding hydrogens is 273 g/mol. The summed E-state index contributed by atoms with van der Waals surface area (Å²) in [6, 6.07) is 4.45. The molecule has 0 unspecified atom stereocenters. The lowest BCUT2D eigenvalue weighted by atomic mass is 10.2. The first-order valence-corrected chi connectivity index (χ1v) is 6.63. The molecule has 0 radical (unpaired) electrons. The second kappa shape index (κ2) is 5.77. The third-order valence-corrected chi connectivity index (χ3v) is 4.21. The third-order valence-electron chi connectivity index (χ3n) is 2.41. The van der Waals surface area contributed by atoms with Gasteiger partial charge in [-0.1, -0.05) is 0 Å². The van der Waals surface area contributed by atoms with Gasteiger partial charge in [0.25, 0.3) is 0 Å². The van der Waals surface area contributed by atoms with Crippen LogP contribution in [0.2, 0.25) is 0 Å². The van der Waals surface area contributed by atoms with Gasteiger partial charge in [-0.2, -0.15) is 9.57 Å². The van der Waals surface area contributed by atoms with E-state index in [1.54, 1.807) is 6.07 Å². The van der Waals surface area contributed by atoms with E-state index in [1.165, 1.54) is 14.1 Å².